The van der Waals surface area contributed by atoms with E-state index in [-0.39, 0.29) is 23.6 Å². The Labute approximate surface area is 131 Å². The first-order valence-electron chi connectivity index (χ1n) is 6.57. The van der Waals surface area contributed by atoms with E-state index in [0.29, 0.717) is 12.1 Å². The Morgan fingerprint density at radius 3 is 2.78 bits per heavy atom. The topological polar surface area (TPSA) is 116 Å². The van der Waals surface area contributed by atoms with Crippen molar-refractivity contribution in [1.82, 2.24) is 9.78 Å². The standard InChI is InChI=1S/C14H14N4O5/c1-9-5-13(17(2)16-9)15-14(20)8-23-12-4-3-11(18(21)22)6-10(12)7-19/h3-7H,8H2,1-2H3,(H,15,20). The number of aldehydes is 1. The number of benzene rings is 1. The van der Waals surface area contributed by atoms with Crippen LogP contribution in [0, 0.1) is 17.0 Å². The lowest BCUT2D eigenvalue weighted by atomic mass is 10.2. The molecule has 0 bridgehead atoms. The van der Waals surface area contributed by atoms with Gasteiger partial charge in [-0.05, 0) is 13.0 Å². The van der Waals surface area contributed by atoms with Crippen LogP contribution in [-0.4, -0.2) is 33.5 Å². The lowest BCUT2D eigenvalue weighted by molar-refractivity contribution is -0.384. The third-order valence-electron chi connectivity index (χ3n) is 2.96. The number of nitrogens with zero attached hydrogens (tertiary/aromatic N) is 3. The molecule has 1 amide bonds. The van der Waals surface area contributed by atoms with E-state index >= 15 is 0 Å². The molecule has 0 unspecified atom stereocenters. The molecule has 0 saturated heterocycles. The number of carbonyl (C=O) groups is 2. The first kappa shape index (κ1) is 16.1. The second kappa shape index (κ2) is 6.69. The summed E-state index contributed by atoms with van der Waals surface area (Å²) >= 11 is 0. The van der Waals surface area contributed by atoms with E-state index in [1.807, 2.05) is 0 Å². The molecule has 23 heavy (non-hydrogen) atoms. The van der Waals surface area contributed by atoms with Gasteiger partial charge in [-0.3, -0.25) is 24.4 Å². The third kappa shape index (κ3) is 3.90. The van der Waals surface area contributed by atoms with Crippen LogP contribution in [0.25, 0.3) is 0 Å². The summed E-state index contributed by atoms with van der Waals surface area (Å²) in [4.78, 5) is 32.9. The number of non-ortho nitro benzene ring substituents is 1. The van der Waals surface area contributed by atoms with Crippen LogP contribution in [0.3, 0.4) is 0 Å². The van der Waals surface area contributed by atoms with Crippen molar-refractivity contribution in [3.8, 4) is 5.75 Å². The average molecular weight is 318 g/mol. The minimum Gasteiger partial charge on any atom is -0.483 e. The molecule has 0 aliphatic carbocycles. The second-order valence-electron chi connectivity index (χ2n) is 4.73. The van der Waals surface area contributed by atoms with E-state index in [2.05, 4.69) is 10.4 Å². The highest BCUT2D eigenvalue weighted by Crippen LogP contribution is 2.22. The van der Waals surface area contributed by atoms with Gasteiger partial charge in [-0.2, -0.15) is 5.10 Å². The summed E-state index contributed by atoms with van der Waals surface area (Å²) < 4.78 is 6.76. The maximum Gasteiger partial charge on any atom is 0.270 e. The summed E-state index contributed by atoms with van der Waals surface area (Å²) in [6.45, 7) is 1.45. The van der Waals surface area contributed by atoms with Gasteiger partial charge in [0.2, 0.25) is 0 Å². The van der Waals surface area contributed by atoms with Crippen LogP contribution >= 0.6 is 0 Å². The van der Waals surface area contributed by atoms with Crippen molar-refractivity contribution in [2.75, 3.05) is 11.9 Å². The minimum absolute atomic E-state index is 0.00313. The number of amides is 1. The van der Waals surface area contributed by atoms with Crippen LogP contribution in [0.5, 0.6) is 5.75 Å². The SMILES string of the molecule is Cc1cc(NC(=O)COc2ccc([N+](=O)[O-])cc2C=O)n(C)n1. The molecule has 120 valence electrons. The summed E-state index contributed by atoms with van der Waals surface area (Å²) in [7, 11) is 1.68. The van der Waals surface area contributed by atoms with Crippen LogP contribution in [0.15, 0.2) is 24.3 Å². The fraction of sp³-hybridized carbons (Fsp3) is 0.214. The number of aryl methyl sites for hydroxylation is 2. The molecule has 1 aromatic heterocycles. The Bertz CT molecular complexity index is 769. The van der Waals surface area contributed by atoms with Crippen LogP contribution < -0.4 is 10.1 Å². The van der Waals surface area contributed by atoms with Gasteiger partial charge in [-0.15, -0.1) is 0 Å². The normalized spacial score (nSPS) is 10.2. The molecule has 0 fully saturated rings. The lowest BCUT2D eigenvalue weighted by Crippen LogP contribution is -2.22. The number of aromatic nitrogens is 2. The van der Waals surface area contributed by atoms with Crippen molar-refractivity contribution in [3.05, 3.63) is 45.6 Å². The molecular weight excluding hydrogens is 304 g/mol. The zero-order valence-electron chi connectivity index (χ0n) is 12.5. The minimum atomic E-state index is -0.617. The molecule has 0 radical (unpaired) electrons. The van der Waals surface area contributed by atoms with Gasteiger partial charge in [-0.1, -0.05) is 0 Å². The van der Waals surface area contributed by atoms with Crippen LogP contribution in [0.2, 0.25) is 0 Å². The maximum atomic E-state index is 11.8. The fourth-order valence-electron chi connectivity index (χ4n) is 1.92. The van der Waals surface area contributed by atoms with Crippen LogP contribution in [0.4, 0.5) is 11.5 Å². The first-order chi connectivity index (χ1) is 10.9. The Balaban J connectivity index is 2.02. The number of anilines is 1. The van der Waals surface area contributed by atoms with E-state index in [1.54, 1.807) is 20.0 Å². The molecule has 9 nitrogen and oxygen atoms in total. The number of hydrogen-bond donors (Lipinski definition) is 1. The van der Waals surface area contributed by atoms with Crippen molar-refractivity contribution in [2.45, 2.75) is 6.92 Å². The summed E-state index contributed by atoms with van der Waals surface area (Å²) in [6.07, 6.45) is 0.435. The Kier molecular flexibility index (Phi) is 4.69. The Morgan fingerprint density at radius 2 is 2.22 bits per heavy atom. The van der Waals surface area contributed by atoms with Gasteiger partial charge in [0, 0.05) is 25.2 Å². The molecule has 9 heteroatoms. The van der Waals surface area contributed by atoms with E-state index in [0.717, 1.165) is 11.8 Å². The Hall–Kier alpha value is -3.23. The predicted molar refractivity (Wildman–Crippen MR) is 80.6 cm³/mol. The molecular formula is C14H14N4O5. The van der Waals surface area contributed by atoms with E-state index in [9.17, 15) is 19.7 Å². The van der Waals surface area contributed by atoms with E-state index < -0.39 is 10.8 Å². The third-order valence-corrected chi connectivity index (χ3v) is 2.96. The highest BCUT2D eigenvalue weighted by Gasteiger charge is 2.13. The molecule has 1 aromatic carbocycles. The molecule has 1 N–H and O–H groups in total. The predicted octanol–water partition coefficient (Wildman–Crippen LogP) is 1.47. The molecule has 0 aliphatic heterocycles. The number of nitro benzene ring substituents is 1. The second-order valence-corrected chi connectivity index (χ2v) is 4.73. The molecule has 0 saturated carbocycles. The number of ether oxygens (including phenoxy) is 1. The summed E-state index contributed by atoms with van der Waals surface area (Å²) in [5.74, 6) is 0.167. The monoisotopic (exact) mass is 318 g/mol. The molecule has 2 rings (SSSR count). The quantitative estimate of drug-likeness (QED) is 0.489. The zero-order valence-corrected chi connectivity index (χ0v) is 12.5. The number of hydrogen-bond acceptors (Lipinski definition) is 6. The van der Waals surface area contributed by atoms with Gasteiger partial charge in [0.25, 0.3) is 11.6 Å². The number of nitro groups is 1. The highest BCUT2D eigenvalue weighted by molar-refractivity contribution is 5.91. The van der Waals surface area contributed by atoms with Gasteiger partial charge < -0.3 is 10.1 Å². The van der Waals surface area contributed by atoms with Crippen LogP contribution in [-0.2, 0) is 11.8 Å². The largest absolute Gasteiger partial charge is 0.483 e. The molecule has 1 heterocycles. The van der Waals surface area contributed by atoms with Crippen molar-refractivity contribution in [3.63, 3.8) is 0 Å². The maximum absolute atomic E-state index is 11.8. The molecule has 0 atom stereocenters. The fourth-order valence-corrected chi connectivity index (χ4v) is 1.92. The number of carbonyl (C=O) groups excluding carboxylic acids is 2. The van der Waals surface area contributed by atoms with Gasteiger partial charge >= 0.3 is 0 Å². The number of rotatable bonds is 6. The molecule has 0 spiro atoms. The molecule has 0 aliphatic rings. The zero-order chi connectivity index (χ0) is 17.0. The van der Waals surface area contributed by atoms with Crippen molar-refractivity contribution in [2.24, 2.45) is 7.05 Å². The first-order valence-corrected chi connectivity index (χ1v) is 6.57. The number of nitrogens with one attached hydrogen (secondary N) is 1. The summed E-state index contributed by atoms with van der Waals surface area (Å²) in [5.41, 5.74) is 0.528. The smallest absolute Gasteiger partial charge is 0.270 e. The van der Waals surface area contributed by atoms with Gasteiger partial charge in [0.15, 0.2) is 12.9 Å². The van der Waals surface area contributed by atoms with Crippen molar-refractivity contribution >= 4 is 23.7 Å². The van der Waals surface area contributed by atoms with Gasteiger partial charge in [0.05, 0.1) is 16.2 Å². The van der Waals surface area contributed by atoms with E-state index in [4.69, 9.17) is 4.74 Å². The van der Waals surface area contributed by atoms with Gasteiger partial charge in [0.1, 0.15) is 11.6 Å². The van der Waals surface area contributed by atoms with E-state index in [1.165, 1.54) is 16.8 Å². The van der Waals surface area contributed by atoms with Crippen molar-refractivity contribution in [1.29, 1.82) is 0 Å². The molecule has 2 aromatic rings. The van der Waals surface area contributed by atoms with Crippen LogP contribution in [0.1, 0.15) is 16.1 Å². The summed E-state index contributed by atoms with van der Waals surface area (Å²) in [5, 5.41) is 17.4. The van der Waals surface area contributed by atoms with Gasteiger partial charge in [-0.25, -0.2) is 0 Å². The Morgan fingerprint density at radius 1 is 1.48 bits per heavy atom. The van der Waals surface area contributed by atoms with Crippen molar-refractivity contribution < 1.29 is 19.2 Å². The highest BCUT2D eigenvalue weighted by atomic mass is 16.6. The lowest BCUT2D eigenvalue weighted by Gasteiger charge is -2.09. The average Bonchev–Trinajstić information content (AvgIpc) is 2.82. The summed E-state index contributed by atoms with van der Waals surface area (Å²) in [6, 6.07) is 5.26.